The SMILES string of the molecule is Cc1ccc(-c2c3nc(cc4ccc([nH]4)c(-c4ccc(CO)cc4)c4nc(cc5ccc2[nH]5)C(O)C4O)C(O)C3O)cc1. The van der Waals surface area contributed by atoms with Gasteiger partial charge in [-0.15, -0.1) is 0 Å². The number of rotatable bonds is 3. The summed E-state index contributed by atoms with van der Waals surface area (Å²) in [6.45, 7) is 1.88. The van der Waals surface area contributed by atoms with Crippen molar-refractivity contribution in [3.8, 4) is 22.3 Å². The van der Waals surface area contributed by atoms with E-state index in [0.29, 0.717) is 50.3 Å². The zero-order chi connectivity index (χ0) is 29.8. The molecule has 9 heteroatoms. The second kappa shape index (κ2) is 10.6. The van der Waals surface area contributed by atoms with Crippen molar-refractivity contribution in [3.63, 3.8) is 0 Å². The fourth-order valence-electron chi connectivity index (χ4n) is 5.79. The van der Waals surface area contributed by atoms with E-state index in [2.05, 4.69) is 9.97 Å². The van der Waals surface area contributed by atoms with Gasteiger partial charge in [-0.05, 0) is 60.0 Å². The highest BCUT2D eigenvalue weighted by Crippen LogP contribution is 2.41. The van der Waals surface area contributed by atoms with Gasteiger partial charge in [0, 0.05) is 33.2 Å². The Bertz CT molecular complexity index is 2000. The lowest BCUT2D eigenvalue weighted by Crippen LogP contribution is -2.04. The summed E-state index contributed by atoms with van der Waals surface area (Å²) in [7, 11) is 0. The summed E-state index contributed by atoms with van der Waals surface area (Å²) in [5, 5.41) is 54.2. The summed E-state index contributed by atoms with van der Waals surface area (Å²) < 4.78 is 0. The van der Waals surface area contributed by atoms with Gasteiger partial charge in [0.05, 0.1) is 29.4 Å². The van der Waals surface area contributed by atoms with Crippen LogP contribution in [0.4, 0.5) is 0 Å². The molecule has 5 aromatic rings. The van der Waals surface area contributed by atoms with Gasteiger partial charge < -0.3 is 35.5 Å². The summed E-state index contributed by atoms with van der Waals surface area (Å²) in [6, 6.07) is 25.7. The molecule has 7 N–H and O–H groups in total. The number of aromatic nitrogens is 4. The normalized spacial score (nSPS) is 20.0. The van der Waals surface area contributed by atoms with Gasteiger partial charge in [-0.3, -0.25) is 9.97 Å². The smallest absolute Gasteiger partial charge is 0.128 e. The minimum atomic E-state index is -1.29. The van der Waals surface area contributed by atoms with Gasteiger partial charge in [0.1, 0.15) is 24.4 Å². The predicted octanol–water partition coefficient (Wildman–Crippen LogP) is 4.98. The summed E-state index contributed by atoms with van der Waals surface area (Å²) in [4.78, 5) is 16.1. The lowest BCUT2D eigenvalue weighted by Gasteiger charge is -2.12. The van der Waals surface area contributed by atoms with Crippen LogP contribution in [0.1, 0.15) is 58.3 Å². The molecular formula is C34H30N4O5. The summed E-state index contributed by atoms with van der Waals surface area (Å²) >= 11 is 0. The Hall–Kier alpha value is -4.64. The zero-order valence-corrected chi connectivity index (χ0v) is 23.2. The maximum atomic E-state index is 11.2. The van der Waals surface area contributed by atoms with E-state index in [-0.39, 0.29) is 12.3 Å². The van der Waals surface area contributed by atoms with Gasteiger partial charge >= 0.3 is 0 Å². The molecule has 7 rings (SSSR count). The fraction of sp³-hybridized carbons (Fsp3) is 0.176. The highest BCUT2D eigenvalue weighted by molar-refractivity contribution is 5.85. The Morgan fingerprint density at radius 3 is 1.47 bits per heavy atom. The molecule has 216 valence electrons. The monoisotopic (exact) mass is 574 g/mol. The highest BCUT2D eigenvalue weighted by atomic mass is 16.3. The van der Waals surface area contributed by atoms with Gasteiger partial charge in [-0.25, -0.2) is 0 Å². The van der Waals surface area contributed by atoms with Crippen molar-refractivity contribution in [2.75, 3.05) is 0 Å². The molecule has 2 aliphatic heterocycles. The van der Waals surface area contributed by atoms with Crippen molar-refractivity contribution >= 4 is 22.1 Å². The van der Waals surface area contributed by atoms with Crippen molar-refractivity contribution in [1.82, 2.24) is 19.9 Å². The summed E-state index contributed by atoms with van der Waals surface area (Å²) in [5.41, 5.74) is 8.27. The third-order valence-electron chi connectivity index (χ3n) is 8.10. The third-order valence-corrected chi connectivity index (χ3v) is 8.10. The molecule has 4 atom stereocenters. The Balaban J connectivity index is 1.59. The number of aryl methyl sites for hydroxylation is 1. The Labute approximate surface area is 246 Å². The third kappa shape index (κ3) is 4.73. The van der Waals surface area contributed by atoms with Gasteiger partial charge in [-0.1, -0.05) is 54.1 Å². The number of nitrogens with zero attached hydrogens (tertiary/aromatic N) is 2. The number of fused-ring (bicyclic) bond motifs is 8. The van der Waals surface area contributed by atoms with E-state index in [9.17, 15) is 25.5 Å². The van der Waals surface area contributed by atoms with Gasteiger partial charge in [0.25, 0.3) is 0 Å². The molecule has 5 heterocycles. The van der Waals surface area contributed by atoms with Crippen LogP contribution in [-0.2, 0) is 6.61 Å². The average Bonchev–Trinajstić information content (AvgIpc) is 3.78. The molecule has 2 aliphatic rings. The summed E-state index contributed by atoms with van der Waals surface area (Å²) in [5.74, 6) is 0. The molecule has 0 radical (unpaired) electrons. The van der Waals surface area contributed by atoms with Crippen LogP contribution in [0, 0.1) is 6.92 Å². The standard InChI is InChI=1S/C34H30N4O5/c1-17-2-6-19(7-3-17)27-23-12-10-21(35-23)14-26-32(41)34(43)30(38-26)28(20-8-4-18(16-39)5-9-20)24-13-11-22(36-24)15-25-31(40)33(42)29(27)37-25/h2-15,31-36,39-43H,16H2,1H3. The molecule has 0 spiro atoms. The Morgan fingerprint density at radius 2 is 1.02 bits per heavy atom. The molecule has 4 unspecified atom stereocenters. The molecular weight excluding hydrogens is 544 g/mol. The molecule has 0 saturated heterocycles. The number of benzene rings is 2. The number of aliphatic hydroxyl groups is 5. The molecule has 0 fully saturated rings. The largest absolute Gasteiger partial charge is 0.392 e. The molecule has 0 saturated carbocycles. The van der Waals surface area contributed by atoms with E-state index >= 15 is 0 Å². The van der Waals surface area contributed by atoms with E-state index < -0.39 is 24.4 Å². The molecule has 9 nitrogen and oxygen atoms in total. The summed E-state index contributed by atoms with van der Waals surface area (Å²) in [6.07, 6.45) is -5.06. The van der Waals surface area contributed by atoms with Crippen LogP contribution in [-0.4, -0.2) is 45.5 Å². The molecule has 3 aromatic heterocycles. The lowest BCUT2D eigenvalue weighted by atomic mass is 9.99. The quantitative estimate of drug-likeness (QED) is 0.160. The first-order valence-electron chi connectivity index (χ1n) is 14.0. The highest BCUT2D eigenvalue weighted by Gasteiger charge is 2.33. The van der Waals surface area contributed by atoms with Crippen molar-refractivity contribution < 1.29 is 25.5 Å². The van der Waals surface area contributed by atoms with Crippen molar-refractivity contribution in [3.05, 3.63) is 119 Å². The van der Waals surface area contributed by atoms with E-state index in [4.69, 9.17) is 9.97 Å². The molecule has 2 aromatic carbocycles. The maximum absolute atomic E-state index is 11.2. The number of nitrogens with one attached hydrogen (secondary N) is 2. The number of aromatic amines is 2. The topological polar surface area (TPSA) is 159 Å². The molecule has 0 aliphatic carbocycles. The number of hydrogen-bond donors (Lipinski definition) is 7. The van der Waals surface area contributed by atoms with E-state index in [0.717, 1.165) is 22.3 Å². The maximum Gasteiger partial charge on any atom is 0.128 e. The van der Waals surface area contributed by atoms with Crippen LogP contribution in [0.5, 0.6) is 0 Å². The van der Waals surface area contributed by atoms with Gasteiger partial charge in [0.15, 0.2) is 0 Å². The first kappa shape index (κ1) is 27.2. The lowest BCUT2D eigenvalue weighted by molar-refractivity contribution is 0.0256. The first-order valence-corrected chi connectivity index (χ1v) is 14.0. The van der Waals surface area contributed by atoms with Crippen LogP contribution in [0.25, 0.3) is 44.3 Å². The first-order chi connectivity index (χ1) is 20.8. The van der Waals surface area contributed by atoms with Crippen molar-refractivity contribution in [1.29, 1.82) is 0 Å². The second-order valence-electron chi connectivity index (χ2n) is 11.0. The molecule has 0 amide bonds. The number of aliphatic hydroxyl groups excluding tert-OH is 5. The van der Waals surface area contributed by atoms with Gasteiger partial charge in [0.2, 0.25) is 0 Å². The van der Waals surface area contributed by atoms with Crippen LogP contribution in [0.3, 0.4) is 0 Å². The van der Waals surface area contributed by atoms with Crippen LogP contribution >= 0.6 is 0 Å². The van der Waals surface area contributed by atoms with E-state index in [1.54, 1.807) is 24.3 Å². The molecule has 43 heavy (non-hydrogen) atoms. The van der Waals surface area contributed by atoms with Crippen molar-refractivity contribution in [2.45, 2.75) is 37.9 Å². The Kier molecular flexibility index (Phi) is 6.69. The Morgan fingerprint density at radius 1 is 0.581 bits per heavy atom. The number of H-pyrrole nitrogens is 2. The minimum Gasteiger partial charge on any atom is -0.392 e. The van der Waals surface area contributed by atoms with Crippen LogP contribution in [0.15, 0.2) is 84.9 Å². The van der Waals surface area contributed by atoms with E-state index in [1.807, 2.05) is 67.6 Å². The van der Waals surface area contributed by atoms with Crippen LogP contribution < -0.4 is 0 Å². The second-order valence-corrected chi connectivity index (χ2v) is 11.0. The average molecular weight is 575 g/mol. The fourth-order valence-corrected chi connectivity index (χ4v) is 5.79. The minimum absolute atomic E-state index is 0.108. The molecule has 8 bridgehead atoms. The van der Waals surface area contributed by atoms with E-state index in [1.165, 1.54) is 0 Å². The number of hydrogen-bond acceptors (Lipinski definition) is 7. The van der Waals surface area contributed by atoms with Crippen LogP contribution in [0.2, 0.25) is 0 Å². The zero-order valence-electron chi connectivity index (χ0n) is 23.2. The van der Waals surface area contributed by atoms with Gasteiger partial charge in [-0.2, -0.15) is 0 Å². The van der Waals surface area contributed by atoms with Crippen molar-refractivity contribution in [2.24, 2.45) is 0 Å². The predicted molar refractivity (Wildman–Crippen MR) is 162 cm³/mol.